The Balaban J connectivity index is 0.00000450. The van der Waals surface area contributed by atoms with Gasteiger partial charge < -0.3 is 10.6 Å². The maximum atomic E-state index is 12.8. The molecule has 2 rings (SSSR count). The summed E-state index contributed by atoms with van der Waals surface area (Å²) in [6.45, 7) is 12.4. The minimum Gasteiger partial charge on any atom is -0.355 e. The van der Waals surface area contributed by atoms with Crippen molar-refractivity contribution in [3.05, 3.63) is 17.0 Å². The van der Waals surface area contributed by atoms with Crippen LogP contribution in [0.2, 0.25) is 0 Å². The standard InChI is InChI=1S/C20H37N5O2S2.HI/c1-16(2)25(17(3)4)14-11-22-20(21-5)23-15-18-9-10-19(28-18)29(26,27)24-12-7-6-8-13-24;/h9-10,16-17H,6-8,11-15H2,1-5H3,(H2,21,22,23);1H. The van der Waals surface area contributed by atoms with E-state index in [2.05, 4.69) is 48.2 Å². The van der Waals surface area contributed by atoms with Crippen molar-refractivity contribution in [3.63, 3.8) is 0 Å². The predicted octanol–water partition coefficient (Wildman–Crippen LogP) is 3.32. The maximum absolute atomic E-state index is 12.8. The summed E-state index contributed by atoms with van der Waals surface area (Å²) in [6, 6.07) is 4.61. The zero-order valence-corrected chi connectivity index (χ0v) is 22.8. The third kappa shape index (κ3) is 7.92. The lowest BCUT2D eigenvalue weighted by Gasteiger charge is -2.30. The van der Waals surface area contributed by atoms with Crippen LogP contribution in [-0.4, -0.2) is 68.9 Å². The molecule has 2 heterocycles. The minimum absolute atomic E-state index is 0. The van der Waals surface area contributed by atoms with Gasteiger partial charge in [0.2, 0.25) is 0 Å². The van der Waals surface area contributed by atoms with Crippen molar-refractivity contribution in [2.45, 2.75) is 69.8 Å². The molecule has 0 saturated carbocycles. The van der Waals surface area contributed by atoms with Crippen molar-refractivity contribution in [2.75, 3.05) is 33.2 Å². The van der Waals surface area contributed by atoms with E-state index in [1.54, 1.807) is 17.4 Å². The summed E-state index contributed by atoms with van der Waals surface area (Å²) in [6.07, 6.45) is 3.02. The Morgan fingerprint density at radius 2 is 1.77 bits per heavy atom. The molecule has 0 amide bonds. The highest BCUT2D eigenvalue weighted by Crippen LogP contribution is 2.27. The highest BCUT2D eigenvalue weighted by Gasteiger charge is 2.27. The highest BCUT2D eigenvalue weighted by atomic mass is 127. The number of rotatable bonds is 9. The molecule has 1 aliphatic rings. The molecule has 1 aromatic rings. The molecule has 1 fully saturated rings. The van der Waals surface area contributed by atoms with Gasteiger partial charge in [-0.3, -0.25) is 9.89 Å². The average molecular weight is 572 g/mol. The van der Waals surface area contributed by atoms with Gasteiger partial charge in [-0.15, -0.1) is 35.3 Å². The molecule has 1 saturated heterocycles. The van der Waals surface area contributed by atoms with Gasteiger partial charge in [0.05, 0.1) is 6.54 Å². The average Bonchev–Trinajstić information content (AvgIpc) is 3.17. The molecule has 2 N–H and O–H groups in total. The monoisotopic (exact) mass is 571 g/mol. The molecule has 0 spiro atoms. The van der Waals surface area contributed by atoms with Gasteiger partial charge in [-0.2, -0.15) is 4.31 Å². The number of aliphatic imine (C=N–C) groups is 1. The molecule has 0 radical (unpaired) electrons. The van der Waals surface area contributed by atoms with Crippen LogP contribution in [-0.2, 0) is 16.6 Å². The first-order chi connectivity index (χ1) is 13.8. The summed E-state index contributed by atoms with van der Waals surface area (Å²) in [4.78, 5) is 7.68. The minimum atomic E-state index is -3.35. The molecule has 30 heavy (non-hydrogen) atoms. The van der Waals surface area contributed by atoms with E-state index in [1.165, 1.54) is 11.3 Å². The van der Waals surface area contributed by atoms with E-state index in [-0.39, 0.29) is 24.0 Å². The second kappa shape index (κ2) is 13.2. The van der Waals surface area contributed by atoms with Gasteiger partial charge in [0.15, 0.2) is 5.96 Å². The van der Waals surface area contributed by atoms with Gasteiger partial charge in [-0.05, 0) is 52.7 Å². The Morgan fingerprint density at radius 3 is 2.33 bits per heavy atom. The van der Waals surface area contributed by atoms with E-state index in [1.807, 2.05) is 6.07 Å². The Labute approximate surface area is 203 Å². The summed E-state index contributed by atoms with van der Waals surface area (Å²) in [5.74, 6) is 0.728. The second-order valence-electron chi connectivity index (χ2n) is 7.96. The van der Waals surface area contributed by atoms with E-state index in [4.69, 9.17) is 0 Å². The molecule has 0 atom stereocenters. The molecular weight excluding hydrogens is 533 g/mol. The quantitative estimate of drug-likeness (QED) is 0.270. The number of nitrogens with one attached hydrogen (secondary N) is 2. The van der Waals surface area contributed by atoms with Crippen molar-refractivity contribution in [3.8, 4) is 0 Å². The van der Waals surface area contributed by atoms with Crippen LogP contribution in [0, 0.1) is 0 Å². The summed E-state index contributed by atoms with van der Waals surface area (Å²) >= 11 is 1.34. The van der Waals surface area contributed by atoms with Crippen molar-refractivity contribution in [1.82, 2.24) is 19.8 Å². The number of hydrogen-bond acceptors (Lipinski definition) is 5. The van der Waals surface area contributed by atoms with Crippen LogP contribution in [0.5, 0.6) is 0 Å². The lowest BCUT2D eigenvalue weighted by molar-refractivity contribution is 0.178. The fourth-order valence-corrected chi connectivity index (χ4v) is 6.60. The molecule has 0 aromatic carbocycles. The third-order valence-corrected chi connectivity index (χ3v) is 8.64. The van der Waals surface area contributed by atoms with Gasteiger partial charge in [0, 0.05) is 50.2 Å². The summed E-state index contributed by atoms with van der Waals surface area (Å²) < 4.78 is 27.6. The zero-order chi connectivity index (χ0) is 21.4. The Kier molecular flexibility index (Phi) is 12.1. The van der Waals surface area contributed by atoms with Crippen LogP contribution in [0.4, 0.5) is 0 Å². The van der Waals surface area contributed by atoms with Crippen LogP contribution in [0.25, 0.3) is 0 Å². The summed E-state index contributed by atoms with van der Waals surface area (Å²) in [5, 5.41) is 6.63. The van der Waals surface area contributed by atoms with Crippen LogP contribution in [0.1, 0.15) is 51.8 Å². The molecule has 1 aromatic heterocycles. The van der Waals surface area contributed by atoms with Crippen molar-refractivity contribution in [2.24, 2.45) is 4.99 Å². The second-order valence-corrected chi connectivity index (χ2v) is 11.3. The molecule has 10 heteroatoms. The molecule has 174 valence electrons. The fourth-order valence-electron chi connectivity index (χ4n) is 3.63. The lowest BCUT2D eigenvalue weighted by atomic mass is 10.2. The third-order valence-electron chi connectivity index (χ3n) is 5.19. The summed E-state index contributed by atoms with van der Waals surface area (Å²) in [5.41, 5.74) is 0. The number of piperidine rings is 1. The number of thiophene rings is 1. The topological polar surface area (TPSA) is 77.0 Å². The van der Waals surface area contributed by atoms with Gasteiger partial charge in [0.25, 0.3) is 10.0 Å². The van der Waals surface area contributed by atoms with Crippen molar-refractivity contribution in [1.29, 1.82) is 0 Å². The van der Waals surface area contributed by atoms with Crippen molar-refractivity contribution >= 4 is 51.3 Å². The molecule has 0 aliphatic carbocycles. The highest BCUT2D eigenvalue weighted by molar-refractivity contribution is 14.0. The number of sulfonamides is 1. The number of nitrogens with zero attached hydrogens (tertiary/aromatic N) is 3. The Morgan fingerprint density at radius 1 is 1.13 bits per heavy atom. The number of halogens is 1. The first-order valence-corrected chi connectivity index (χ1v) is 12.8. The van der Waals surface area contributed by atoms with Crippen LogP contribution in [0.3, 0.4) is 0 Å². The van der Waals surface area contributed by atoms with Gasteiger partial charge >= 0.3 is 0 Å². The SMILES string of the molecule is CN=C(NCCN(C(C)C)C(C)C)NCc1ccc(S(=O)(=O)N2CCCCC2)s1.I. The van der Waals surface area contributed by atoms with E-state index in [0.29, 0.717) is 35.9 Å². The fraction of sp³-hybridized carbons (Fsp3) is 0.750. The molecular formula is C20H38IN5O2S2. The normalized spacial score (nSPS) is 16.2. The van der Waals surface area contributed by atoms with Gasteiger partial charge in [0.1, 0.15) is 4.21 Å². The predicted molar refractivity (Wildman–Crippen MR) is 138 cm³/mol. The van der Waals surface area contributed by atoms with Crippen LogP contribution in [0.15, 0.2) is 21.3 Å². The smallest absolute Gasteiger partial charge is 0.252 e. The first kappa shape index (κ1) is 27.6. The number of hydrogen-bond donors (Lipinski definition) is 2. The van der Waals surface area contributed by atoms with E-state index in [0.717, 1.165) is 43.2 Å². The van der Waals surface area contributed by atoms with Crippen LogP contribution < -0.4 is 10.6 Å². The van der Waals surface area contributed by atoms with Crippen LogP contribution >= 0.6 is 35.3 Å². The van der Waals surface area contributed by atoms with E-state index >= 15 is 0 Å². The molecule has 0 bridgehead atoms. The van der Waals surface area contributed by atoms with Gasteiger partial charge in [-0.25, -0.2) is 8.42 Å². The van der Waals surface area contributed by atoms with E-state index < -0.39 is 10.0 Å². The first-order valence-electron chi connectivity index (χ1n) is 10.5. The van der Waals surface area contributed by atoms with E-state index in [9.17, 15) is 8.42 Å². The Bertz CT molecular complexity index is 751. The van der Waals surface area contributed by atoms with Gasteiger partial charge in [-0.1, -0.05) is 6.42 Å². The zero-order valence-electron chi connectivity index (χ0n) is 18.8. The largest absolute Gasteiger partial charge is 0.355 e. The lowest BCUT2D eigenvalue weighted by Crippen LogP contribution is -2.45. The maximum Gasteiger partial charge on any atom is 0.252 e. The van der Waals surface area contributed by atoms with Crippen molar-refractivity contribution < 1.29 is 8.42 Å². The molecule has 0 unspecified atom stereocenters. The molecule has 7 nitrogen and oxygen atoms in total. The number of guanidine groups is 1. The molecule has 1 aliphatic heterocycles. The summed E-state index contributed by atoms with van der Waals surface area (Å²) in [7, 11) is -1.60. The Hall–Kier alpha value is -0.430.